The van der Waals surface area contributed by atoms with Gasteiger partial charge in [-0.05, 0) is 31.6 Å². The maximum Gasteiger partial charge on any atom is 0.243 e. The van der Waals surface area contributed by atoms with Crippen LogP contribution in [0.3, 0.4) is 0 Å². The van der Waals surface area contributed by atoms with E-state index in [0.29, 0.717) is 38.3 Å². The average molecular weight is 428 g/mol. The number of nitrogens with zero attached hydrogens (tertiary/aromatic N) is 2. The number of hydrogen-bond acceptors (Lipinski definition) is 8. The number of carbonyl (C=O) groups excluding carboxylic acids is 2. The highest BCUT2D eigenvalue weighted by atomic mass is 16.7. The van der Waals surface area contributed by atoms with Crippen molar-refractivity contribution < 1.29 is 34.9 Å². The highest BCUT2D eigenvalue weighted by Gasteiger charge is 2.25. The SMILES string of the molecule is O=C(CCC1CCN(C(=O)CCc2cnc[nH]2)CC1)NOCC(O)[C@@H](O)[C@@H](O)CO. The molecule has 1 aromatic heterocycles. The summed E-state index contributed by atoms with van der Waals surface area (Å²) in [6, 6.07) is 0. The number of aromatic amines is 1. The van der Waals surface area contributed by atoms with E-state index in [0.717, 1.165) is 18.5 Å². The molecule has 0 bridgehead atoms. The zero-order chi connectivity index (χ0) is 21.9. The number of likely N-dealkylation sites (tertiary alicyclic amines) is 1. The van der Waals surface area contributed by atoms with E-state index in [-0.39, 0.29) is 18.2 Å². The highest BCUT2D eigenvalue weighted by Crippen LogP contribution is 2.22. The molecule has 3 atom stereocenters. The summed E-state index contributed by atoms with van der Waals surface area (Å²) in [5.41, 5.74) is 3.14. The molecule has 1 aromatic rings. The summed E-state index contributed by atoms with van der Waals surface area (Å²) in [7, 11) is 0. The van der Waals surface area contributed by atoms with Gasteiger partial charge in [-0.15, -0.1) is 0 Å². The quantitative estimate of drug-likeness (QED) is 0.218. The minimum Gasteiger partial charge on any atom is -0.394 e. The molecule has 1 saturated heterocycles. The fourth-order valence-electron chi connectivity index (χ4n) is 3.35. The van der Waals surface area contributed by atoms with Gasteiger partial charge in [0, 0.05) is 37.8 Å². The molecule has 0 radical (unpaired) electrons. The lowest BCUT2D eigenvalue weighted by Crippen LogP contribution is -2.43. The minimum atomic E-state index is -1.57. The number of aromatic nitrogens is 2. The Morgan fingerprint density at radius 2 is 1.97 bits per heavy atom. The molecule has 0 aromatic carbocycles. The number of piperidine rings is 1. The van der Waals surface area contributed by atoms with E-state index < -0.39 is 31.5 Å². The van der Waals surface area contributed by atoms with E-state index >= 15 is 0 Å². The lowest BCUT2D eigenvalue weighted by atomic mass is 9.92. The molecule has 170 valence electrons. The van der Waals surface area contributed by atoms with Crippen LogP contribution in [0.1, 0.15) is 37.8 Å². The number of aliphatic hydroxyl groups is 4. The van der Waals surface area contributed by atoms with E-state index in [1.807, 2.05) is 4.90 Å². The normalized spacial score (nSPS) is 18.1. The van der Waals surface area contributed by atoms with E-state index in [4.69, 9.17) is 9.94 Å². The molecule has 0 aliphatic carbocycles. The first kappa shape index (κ1) is 24.2. The van der Waals surface area contributed by atoms with Gasteiger partial charge < -0.3 is 30.3 Å². The third-order valence-electron chi connectivity index (χ3n) is 5.33. The maximum absolute atomic E-state index is 12.3. The van der Waals surface area contributed by atoms with Crippen molar-refractivity contribution in [1.82, 2.24) is 20.3 Å². The smallest absolute Gasteiger partial charge is 0.243 e. The second-order valence-corrected chi connectivity index (χ2v) is 7.58. The van der Waals surface area contributed by atoms with Gasteiger partial charge >= 0.3 is 0 Å². The average Bonchev–Trinajstić information content (AvgIpc) is 3.28. The van der Waals surface area contributed by atoms with Gasteiger partial charge in [-0.2, -0.15) is 0 Å². The lowest BCUT2D eigenvalue weighted by molar-refractivity contribution is -0.143. The van der Waals surface area contributed by atoms with Crippen molar-refractivity contribution in [2.24, 2.45) is 5.92 Å². The van der Waals surface area contributed by atoms with Crippen LogP contribution in [-0.4, -0.2) is 91.7 Å². The first-order valence-corrected chi connectivity index (χ1v) is 10.2. The van der Waals surface area contributed by atoms with E-state index in [9.17, 15) is 24.9 Å². The molecule has 0 spiro atoms. The summed E-state index contributed by atoms with van der Waals surface area (Å²) in [6.07, 6.45) is 2.50. The molecule has 1 fully saturated rings. The van der Waals surface area contributed by atoms with Gasteiger partial charge in [0.25, 0.3) is 0 Å². The Balaban J connectivity index is 1.55. The Morgan fingerprint density at radius 3 is 2.60 bits per heavy atom. The van der Waals surface area contributed by atoms with Crippen LogP contribution >= 0.6 is 0 Å². The second-order valence-electron chi connectivity index (χ2n) is 7.58. The topological polar surface area (TPSA) is 168 Å². The van der Waals surface area contributed by atoms with Crippen molar-refractivity contribution in [2.75, 3.05) is 26.3 Å². The molecule has 2 amide bonds. The summed E-state index contributed by atoms with van der Waals surface area (Å²) >= 11 is 0. The molecular weight excluding hydrogens is 396 g/mol. The summed E-state index contributed by atoms with van der Waals surface area (Å²) in [6.45, 7) is 0.256. The summed E-state index contributed by atoms with van der Waals surface area (Å²) in [5.74, 6) is 0.123. The summed E-state index contributed by atoms with van der Waals surface area (Å²) in [4.78, 5) is 37.8. The van der Waals surface area contributed by atoms with Gasteiger partial charge in [0.1, 0.15) is 24.9 Å². The minimum absolute atomic E-state index is 0.126. The fourth-order valence-corrected chi connectivity index (χ4v) is 3.35. The van der Waals surface area contributed by atoms with Crippen LogP contribution < -0.4 is 5.48 Å². The molecule has 11 heteroatoms. The second kappa shape index (κ2) is 12.6. The monoisotopic (exact) mass is 428 g/mol. The lowest BCUT2D eigenvalue weighted by Gasteiger charge is -2.32. The summed E-state index contributed by atoms with van der Waals surface area (Å²) in [5, 5.41) is 37.0. The van der Waals surface area contributed by atoms with Crippen LogP contribution in [0, 0.1) is 5.92 Å². The number of aliphatic hydroxyl groups excluding tert-OH is 4. The van der Waals surface area contributed by atoms with E-state index in [1.54, 1.807) is 12.5 Å². The van der Waals surface area contributed by atoms with E-state index in [2.05, 4.69) is 15.4 Å². The Labute approximate surface area is 175 Å². The maximum atomic E-state index is 12.3. The molecule has 1 unspecified atom stereocenters. The van der Waals surface area contributed by atoms with Crippen molar-refractivity contribution in [1.29, 1.82) is 0 Å². The Morgan fingerprint density at radius 1 is 1.23 bits per heavy atom. The molecule has 1 aliphatic heterocycles. The Bertz CT molecular complexity index is 635. The first-order valence-electron chi connectivity index (χ1n) is 10.2. The van der Waals surface area contributed by atoms with Crippen molar-refractivity contribution >= 4 is 11.8 Å². The standard InChI is InChI=1S/C19H32N4O7/c24-10-15(25)19(29)16(26)11-30-22-17(27)3-1-13-5-7-23(8-6-13)18(28)4-2-14-9-20-12-21-14/h9,12-13,15-16,19,24-26,29H,1-8,10-11H2,(H,20,21)(H,22,27)/t15-,16?,19-/m0/s1. The molecule has 11 nitrogen and oxygen atoms in total. The number of hydroxylamine groups is 1. The summed E-state index contributed by atoms with van der Waals surface area (Å²) < 4.78 is 0. The molecule has 30 heavy (non-hydrogen) atoms. The molecule has 2 rings (SSSR count). The number of H-pyrrole nitrogens is 1. The molecule has 1 aliphatic rings. The van der Waals surface area contributed by atoms with Crippen molar-refractivity contribution in [2.45, 2.75) is 56.8 Å². The zero-order valence-electron chi connectivity index (χ0n) is 16.9. The van der Waals surface area contributed by atoms with Crippen LogP contribution in [0.5, 0.6) is 0 Å². The number of hydrogen-bond donors (Lipinski definition) is 6. The Kier molecular flexibility index (Phi) is 10.2. The predicted molar refractivity (Wildman–Crippen MR) is 105 cm³/mol. The molecular formula is C19H32N4O7. The number of nitrogens with one attached hydrogen (secondary N) is 2. The van der Waals surface area contributed by atoms with Gasteiger partial charge in [-0.1, -0.05) is 0 Å². The predicted octanol–water partition coefficient (Wildman–Crippen LogP) is -1.52. The number of rotatable bonds is 12. The van der Waals surface area contributed by atoms with Gasteiger partial charge in [0.2, 0.25) is 11.8 Å². The zero-order valence-corrected chi connectivity index (χ0v) is 16.9. The van der Waals surface area contributed by atoms with Crippen molar-refractivity contribution in [3.63, 3.8) is 0 Å². The first-order chi connectivity index (χ1) is 14.4. The van der Waals surface area contributed by atoms with Crippen molar-refractivity contribution in [3.05, 3.63) is 18.2 Å². The van der Waals surface area contributed by atoms with Crippen LogP contribution in [-0.2, 0) is 20.8 Å². The Hall–Kier alpha value is -2.05. The van der Waals surface area contributed by atoms with Crippen molar-refractivity contribution in [3.8, 4) is 0 Å². The third-order valence-corrected chi connectivity index (χ3v) is 5.33. The number of imidazole rings is 1. The van der Waals surface area contributed by atoms with Gasteiger partial charge in [0.15, 0.2) is 0 Å². The van der Waals surface area contributed by atoms with Crippen LogP contribution in [0.2, 0.25) is 0 Å². The van der Waals surface area contributed by atoms with Crippen LogP contribution in [0.15, 0.2) is 12.5 Å². The molecule has 0 saturated carbocycles. The number of carbonyl (C=O) groups is 2. The third kappa shape index (κ3) is 8.00. The highest BCUT2D eigenvalue weighted by molar-refractivity contribution is 5.76. The fraction of sp³-hybridized carbons (Fsp3) is 0.737. The van der Waals surface area contributed by atoms with Gasteiger partial charge in [0.05, 0.1) is 12.9 Å². The number of amides is 2. The number of aryl methyl sites for hydroxylation is 1. The molecule has 6 N–H and O–H groups in total. The molecule has 2 heterocycles. The largest absolute Gasteiger partial charge is 0.394 e. The van der Waals surface area contributed by atoms with Crippen LogP contribution in [0.25, 0.3) is 0 Å². The van der Waals surface area contributed by atoms with Gasteiger partial charge in [-0.3, -0.25) is 14.4 Å². The van der Waals surface area contributed by atoms with Gasteiger partial charge in [-0.25, -0.2) is 10.5 Å². The van der Waals surface area contributed by atoms with E-state index in [1.165, 1.54) is 0 Å². The van der Waals surface area contributed by atoms with Crippen LogP contribution in [0.4, 0.5) is 0 Å².